The quantitative estimate of drug-likeness (QED) is 0.462. The molecule has 5 nitrogen and oxygen atoms in total. The average Bonchev–Trinajstić information content (AvgIpc) is 2.72. The average molecular weight is 491 g/mol. The Morgan fingerprint density at radius 1 is 0.969 bits per heavy atom. The van der Waals surface area contributed by atoms with Crippen molar-refractivity contribution in [2.24, 2.45) is 0 Å². The number of sulfonamides is 1. The normalized spacial score (nSPS) is 12.3. The van der Waals surface area contributed by atoms with Gasteiger partial charge in [0.15, 0.2) is 0 Å². The van der Waals surface area contributed by atoms with E-state index in [9.17, 15) is 13.2 Å². The third-order valence-electron chi connectivity index (χ3n) is 5.05. The first kappa shape index (κ1) is 24.1. The monoisotopic (exact) mass is 490 g/mol. The van der Waals surface area contributed by atoms with Gasteiger partial charge in [0.1, 0.15) is 6.54 Å². The Labute approximate surface area is 199 Å². The molecule has 168 valence electrons. The molecule has 3 rings (SSSR count). The van der Waals surface area contributed by atoms with Gasteiger partial charge in [0.2, 0.25) is 5.91 Å². The van der Waals surface area contributed by atoms with E-state index >= 15 is 0 Å². The molecule has 8 heteroatoms. The number of hydrogen-bond donors (Lipinski definition) is 1. The zero-order chi connectivity index (χ0) is 23.5. The second-order valence-corrected chi connectivity index (χ2v) is 10.3. The van der Waals surface area contributed by atoms with Gasteiger partial charge in [-0.05, 0) is 74.4 Å². The molecule has 0 radical (unpaired) electrons. The molecule has 0 aliphatic heterocycles. The number of aryl methyl sites for hydroxylation is 2. The fourth-order valence-corrected chi connectivity index (χ4v) is 5.21. The summed E-state index contributed by atoms with van der Waals surface area (Å²) in [7, 11) is -4.04. The number of carbonyl (C=O) groups excluding carboxylic acids is 1. The lowest BCUT2D eigenvalue weighted by atomic mass is 10.0. The van der Waals surface area contributed by atoms with Crippen molar-refractivity contribution in [3.8, 4) is 0 Å². The Kier molecular flexibility index (Phi) is 7.49. The molecule has 0 heterocycles. The molecule has 0 bridgehead atoms. The number of amides is 1. The largest absolute Gasteiger partial charge is 0.348 e. The van der Waals surface area contributed by atoms with Gasteiger partial charge in [0, 0.05) is 10.0 Å². The van der Waals surface area contributed by atoms with E-state index in [1.807, 2.05) is 39.0 Å². The van der Waals surface area contributed by atoms with Gasteiger partial charge in [0.05, 0.1) is 16.6 Å². The summed E-state index contributed by atoms with van der Waals surface area (Å²) >= 11 is 12.0. The Balaban J connectivity index is 1.90. The van der Waals surface area contributed by atoms with Crippen LogP contribution in [0.1, 0.15) is 29.7 Å². The van der Waals surface area contributed by atoms with Gasteiger partial charge in [0.25, 0.3) is 10.0 Å². The van der Waals surface area contributed by atoms with Gasteiger partial charge in [-0.15, -0.1) is 0 Å². The highest BCUT2D eigenvalue weighted by atomic mass is 35.5. The minimum atomic E-state index is -4.04. The van der Waals surface area contributed by atoms with Gasteiger partial charge in [-0.25, -0.2) is 8.42 Å². The molecule has 3 aromatic rings. The summed E-state index contributed by atoms with van der Waals surface area (Å²) in [6.07, 6.45) is 0. The molecule has 0 saturated heterocycles. The molecule has 1 amide bonds. The highest BCUT2D eigenvalue weighted by molar-refractivity contribution is 7.92. The summed E-state index contributed by atoms with van der Waals surface area (Å²) in [4.78, 5) is 13.0. The number of nitrogens with one attached hydrogen (secondary N) is 1. The highest BCUT2D eigenvalue weighted by Gasteiger charge is 2.28. The molecule has 0 aliphatic carbocycles. The van der Waals surface area contributed by atoms with Crippen LogP contribution in [0.3, 0.4) is 0 Å². The molecular weight excluding hydrogens is 467 g/mol. The fourth-order valence-electron chi connectivity index (χ4n) is 3.49. The van der Waals surface area contributed by atoms with Crippen molar-refractivity contribution in [1.82, 2.24) is 5.32 Å². The van der Waals surface area contributed by atoms with E-state index in [-0.39, 0.29) is 10.9 Å². The summed E-state index contributed by atoms with van der Waals surface area (Å²) in [5, 5.41) is 3.68. The Hall–Kier alpha value is -2.54. The van der Waals surface area contributed by atoms with E-state index in [1.165, 1.54) is 30.3 Å². The molecule has 0 saturated carbocycles. The van der Waals surface area contributed by atoms with Crippen LogP contribution in [0.4, 0.5) is 5.69 Å². The molecule has 1 N–H and O–H groups in total. The van der Waals surface area contributed by atoms with E-state index in [2.05, 4.69) is 5.32 Å². The first-order chi connectivity index (χ1) is 15.1. The SMILES string of the molecule is Cc1ccc([C@H](C)NC(=O)CN(c2cccc(Cl)c2)S(=O)(=O)c2ccc(Cl)cc2)c(C)c1. The number of benzene rings is 3. The summed E-state index contributed by atoms with van der Waals surface area (Å²) in [6, 6.07) is 17.9. The number of nitrogens with zero attached hydrogens (tertiary/aromatic N) is 1. The van der Waals surface area contributed by atoms with Crippen molar-refractivity contribution in [2.75, 3.05) is 10.8 Å². The molecular formula is C24H24Cl2N2O3S. The zero-order valence-corrected chi connectivity index (χ0v) is 20.3. The molecule has 0 unspecified atom stereocenters. The van der Waals surface area contributed by atoms with Crippen molar-refractivity contribution in [3.63, 3.8) is 0 Å². The van der Waals surface area contributed by atoms with Crippen LogP contribution in [0.15, 0.2) is 71.6 Å². The topological polar surface area (TPSA) is 66.5 Å². The maximum atomic E-state index is 13.4. The van der Waals surface area contributed by atoms with E-state index in [4.69, 9.17) is 23.2 Å². The first-order valence-corrected chi connectivity index (χ1v) is 12.2. The summed E-state index contributed by atoms with van der Waals surface area (Å²) in [5.41, 5.74) is 3.45. The lowest BCUT2D eigenvalue weighted by Gasteiger charge is -2.25. The molecule has 1 atom stereocenters. The zero-order valence-electron chi connectivity index (χ0n) is 18.0. The van der Waals surface area contributed by atoms with Crippen LogP contribution >= 0.6 is 23.2 Å². The number of carbonyl (C=O) groups is 1. The lowest BCUT2D eigenvalue weighted by Crippen LogP contribution is -2.41. The van der Waals surface area contributed by atoms with Crippen molar-refractivity contribution in [1.29, 1.82) is 0 Å². The van der Waals surface area contributed by atoms with E-state index in [1.54, 1.807) is 18.2 Å². The number of rotatable bonds is 7. The maximum Gasteiger partial charge on any atom is 0.264 e. The van der Waals surface area contributed by atoms with E-state index in [0.717, 1.165) is 21.0 Å². The second kappa shape index (κ2) is 9.94. The third-order valence-corrected chi connectivity index (χ3v) is 7.33. The molecule has 0 aliphatic rings. The molecule has 32 heavy (non-hydrogen) atoms. The van der Waals surface area contributed by atoms with Crippen molar-refractivity contribution >= 4 is 44.8 Å². The van der Waals surface area contributed by atoms with Crippen molar-refractivity contribution < 1.29 is 13.2 Å². The predicted molar refractivity (Wildman–Crippen MR) is 130 cm³/mol. The summed E-state index contributed by atoms with van der Waals surface area (Å²) < 4.78 is 27.8. The standard InChI is InChI=1S/C24H24Cl2N2O3S/c1-16-7-12-23(17(2)13-16)18(3)27-24(29)15-28(21-6-4-5-20(26)14-21)32(30,31)22-10-8-19(25)9-11-22/h4-14,18H,15H2,1-3H3,(H,27,29)/t18-/m0/s1. The third kappa shape index (κ3) is 5.63. The fraction of sp³-hybridized carbons (Fsp3) is 0.208. The van der Waals surface area contributed by atoms with Crippen LogP contribution < -0.4 is 9.62 Å². The first-order valence-electron chi connectivity index (χ1n) is 9.98. The number of halogens is 2. The molecule has 0 aromatic heterocycles. The van der Waals surface area contributed by atoms with E-state index < -0.39 is 22.5 Å². The van der Waals surface area contributed by atoms with Crippen LogP contribution in [-0.2, 0) is 14.8 Å². The van der Waals surface area contributed by atoms with Gasteiger partial charge in [-0.2, -0.15) is 0 Å². The van der Waals surface area contributed by atoms with E-state index in [0.29, 0.717) is 15.7 Å². The lowest BCUT2D eigenvalue weighted by molar-refractivity contribution is -0.120. The van der Waals surface area contributed by atoms with Gasteiger partial charge in [-0.3, -0.25) is 9.10 Å². The van der Waals surface area contributed by atoms with Crippen LogP contribution in [0.5, 0.6) is 0 Å². The highest BCUT2D eigenvalue weighted by Crippen LogP contribution is 2.27. The van der Waals surface area contributed by atoms with Gasteiger partial charge < -0.3 is 5.32 Å². The second-order valence-electron chi connectivity index (χ2n) is 7.59. The van der Waals surface area contributed by atoms with Gasteiger partial charge >= 0.3 is 0 Å². The molecule has 3 aromatic carbocycles. The van der Waals surface area contributed by atoms with Crippen molar-refractivity contribution in [2.45, 2.75) is 31.7 Å². The maximum absolute atomic E-state index is 13.4. The Morgan fingerprint density at radius 2 is 1.66 bits per heavy atom. The van der Waals surface area contributed by atoms with Gasteiger partial charge in [-0.1, -0.05) is 53.0 Å². The number of anilines is 1. The van der Waals surface area contributed by atoms with Crippen LogP contribution in [0, 0.1) is 13.8 Å². The summed E-state index contributed by atoms with van der Waals surface area (Å²) in [6.45, 7) is 5.45. The molecule has 0 spiro atoms. The Bertz CT molecular complexity index is 1230. The van der Waals surface area contributed by atoms with Crippen LogP contribution in [0.2, 0.25) is 10.0 Å². The predicted octanol–water partition coefficient (Wildman–Crippen LogP) is 5.68. The van der Waals surface area contributed by atoms with Crippen molar-refractivity contribution in [3.05, 3.63) is 93.5 Å². The van der Waals surface area contributed by atoms with Crippen LogP contribution in [-0.4, -0.2) is 20.9 Å². The smallest absolute Gasteiger partial charge is 0.264 e. The summed E-state index contributed by atoms with van der Waals surface area (Å²) in [5.74, 6) is -0.435. The Morgan fingerprint density at radius 3 is 2.28 bits per heavy atom. The minimum absolute atomic E-state index is 0.0251. The van der Waals surface area contributed by atoms with Crippen LogP contribution in [0.25, 0.3) is 0 Å². The number of hydrogen-bond acceptors (Lipinski definition) is 3. The minimum Gasteiger partial charge on any atom is -0.348 e. The molecule has 0 fully saturated rings.